The normalized spacial score (nSPS) is 15.0. The molecule has 0 aliphatic carbocycles. The van der Waals surface area contributed by atoms with E-state index in [2.05, 4.69) is 58.4 Å². The molecule has 0 amide bonds. The Kier molecular flexibility index (Phi) is 5.17. The number of rotatable bonds is 6. The van der Waals surface area contributed by atoms with Crippen molar-refractivity contribution in [1.82, 2.24) is 24.6 Å². The van der Waals surface area contributed by atoms with E-state index in [1.165, 1.54) is 31.5 Å². The van der Waals surface area contributed by atoms with Crippen LogP contribution in [-0.4, -0.2) is 50.8 Å². The highest BCUT2D eigenvalue weighted by Crippen LogP contribution is 2.31. The molecule has 4 rings (SSSR count). The number of anilines is 2. The summed E-state index contributed by atoms with van der Waals surface area (Å²) in [6, 6.07) is 8.52. The van der Waals surface area contributed by atoms with Gasteiger partial charge in [-0.1, -0.05) is 38.1 Å². The second kappa shape index (κ2) is 7.75. The zero-order valence-electron chi connectivity index (χ0n) is 16.9. The number of nitrogens with two attached hydrogens (primary N) is 1. The second-order valence-corrected chi connectivity index (χ2v) is 7.86. The van der Waals surface area contributed by atoms with Crippen LogP contribution >= 0.6 is 0 Å². The SMILES string of the molecule is CC(C)c1ccc(-c2nc(NCCN3CCCC3)nc3nn(C)c(N)c23)cc1. The van der Waals surface area contributed by atoms with Crippen LogP contribution in [0.1, 0.15) is 38.2 Å². The molecule has 1 aliphatic rings. The van der Waals surface area contributed by atoms with Crippen molar-refractivity contribution in [1.29, 1.82) is 0 Å². The molecule has 3 N–H and O–H groups in total. The van der Waals surface area contributed by atoms with Crippen molar-refractivity contribution in [2.24, 2.45) is 7.05 Å². The molecule has 1 aliphatic heterocycles. The largest absolute Gasteiger partial charge is 0.383 e. The molecule has 0 spiro atoms. The van der Waals surface area contributed by atoms with Crippen LogP contribution in [0.15, 0.2) is 24.3 Å². The van der Waals surface area contributed by atoms with E-state index in [0.29, 0.717) is 23.3 Å². The lowest BCUT2D eigenvalue weighted by Gasteiger charge is -2.15. The Balaban J connectivity index is 1.66. The lowest BCUT2D eigenvalue weighted by molar-refractivity contribution is 0.352. The van der Waals surface area contributed by atoms with Crippen LogP contribution in [-0.2, 0) is 7.05 Å². The van der Waals surface area contributed by atoms with Gasteiger partial charge in [0.1, 0.15) is 5.82 Å². The summed E-state index contributed by atoms with van der Waals surface area (Å²) in [6.07, 6.45) is 2.60. The minimum Gasteiger partial charge on any atom is -0.383 e. The summed E-state index contributed by atoms with van der Waals surface area (Å²) in [7, 11) is 1.84. The van der Waals surface area contributed by atoms with E-state index in [0.717, 1.165) is 29.7 Å². The summed E-state index contributed by atoms with van der Waals surface area (Å²) in [5.41, 5.74) is 10.1. The van der Waals surface area contributed by atoms with E-state index >= 15 is 0 Å². The van der Waals surface area contributed by atoms with E-state index in [1.54, 1.807) is 4.68 Å². The quantitative estimate of drug-likeness (QED) is 0.684. The van der Waals surface area contributed by atoms with Crippen molar-refractivity contribution >= 4 is 22.8 Å². The Labute approximate surface area is 166 Å². The van der Waals surface area contributed by atoms with E-state index in [4.69, 9.17) is 10.7 Å². The number of hydrogen-bond acceptors (Lipinski definition) is 6. The van der Waals surface area contributed by atoms with Gasteiger partial charge in [0.05, 0.1) is 11.1 Å². The van der Waals surface area contributed by atoms with Gasteiger partial charge in [-0.25, -0.2) is 4.98 Å². The second-order valence-electron chi connectivity index (χ2n) is 7.86. The van der Waals surface area contributed by atoms with Crippen molar-refractivity contribution < 1.29 is 0 Å². The van der Waals surface area contributed by atoms with Crippen LogP contribution < -0.4 is 11.1 Å². The third-order valence-electron chi connectivity index (χ3n) is 5.50. The number of nitrogen functional groups attached to an aromatic ring is 1. The van der Waals surface area contributed by atoms with Crippen LogP contribution in [0, 0.1) is 0 Å². The van der Waals surface area contributed by atoms with Gasteiger partial charge in [0.25, 0.3) is 0 Å². The zero-order chi connectivity index (χ0) is 19.7. The van der Waals surface area contributed by atoms with Crippen molar-refractivity contribution in [2.75, 3.05) is 37.2 Å². The molecule has 0 unspecified atom stereocenters. The summed E-state index contributed by atoms with van der Waals surface area (Å²) >= 11 is 0. The molecule has 1 fully saturated rings. The van der Waals surface area contributed by atoms with Crippen molar-refractivity contribution in [3.63, 3.8) is 0 Å². The molecule has 0 bridgehead atoms. The Hall–Kier alpha value is -2.67. The molecule has 7 heteroatoms. The van der Waals surface area contributed by atoms with Crippen LogP contribution in [0.25, 0.3) is 22.3 Å². The molecule has 0 atom stereocenters. The average Bonchev–Trinajstić information content (AvgIpc) is 3.30. The maximum atomic E-state index is 6.28. The fraction of sp³-hybridized carbons (Fsp3) is 0.476. The predicted molar refractivity (Wildman–Crippen MR) is 114 cm³/mol. The van der Waals surface area contributed by atoms with Crippen molar-refractivity contribution in [3.8, 4) is 11.3 Å². The van der Waals surface area contributed by atoms with Gasteiger partial charge >= 0.3 is 0 Å². The van der Waals surface area contributed by atoms with Crippen LogP contribution in [0.3, 0.4) is 0 Å². The zero-order valence-corrected chi connectivity index (χ0v) is 16.9. The number of nitrogens with one attached hydrogen (secondary N) is 1. The molecule has 0 saturated carbocycles. The highest BCUT2D eigenvalue weighted by Gasteiger charge is 2.18. The third-order valence-corrected chi connectivity index (χ3v) is 5.50. The molecule has 28 heavy (non-hydrogen) atoms. The summed E-state index contributed by atoms with van der Waals surface area (Å²) in [5.74, 6) is 1.68. The smallest absolute Gasteiger partial charge is 0.225 e. The Morgan fingerprint density at radius 1 is 1.11 bits per heavy atom. The minimum absolute atomic E-state index is 0.491. The van der Waals surface area contributed by atoms with Crippen LogP contribution in [0.2, 0.25) is 0 Å². The molecule has 1 aromatic carbocycles. The number of nitrogens with zero attached hydrogens (tertiary/aromatic N) is 5. The number of hydrogen-bond donors (Lipinski definition) is 2. The van der Waals surface area contributed by atoms with E-state index < -0.39 is 0 Å². The summed E-state index contributed by atoms with van der Waals surface area (Å²) in [6.45, 7) is 8.58. The van der Waals surface area contributed by atoms with Gasteiger partial charge in [-0.15, -0.1) is 0 Å². The first-order valence-electron chi connectivity index (χ1n) is 10.1. The molecule has 2 aromatic heterocycles. The first-order chi connectivity index (χ1) is 13.5. The molecular formula is C21H29N7. The lowest BCUT2D eigenvalue weighted by atomic mass is 10.00. The fourth-order valence-electron chi connectivity index (χ4n) is 3.76. The number of benzene rings is 1. The maximum Gasteiger partial charge on any atom is 0.225 e. The minimum atomic E-state index is 0.491. The average molecular weight is 380 g/mol. The Morgan fingerprint density at radius 3 is 2.50 bits per heavy atom. The van der Waals surface area contributed by atoms with Gasteiger partial charge < -0.3 is 16.0 Å². The molecule has 3 aromatic rings. The van der Waals surface area contributed by atoms with Gasteiger partial charge in [0.15, 0.2) is 5.65 Å². The van der Waals surface area contributed by atoms with E-state index in [-0.39, 0.29) is 0 Å². The molecule has 1 saturated heterocycles. The first kappa shape index (κ1) is 18.7. The first-order valence-corrected chi connectivity index (χ1v) is 10.1. The molecule has 3 heterocycles. The monoisotopic (exact) mass is 379 g/mol. The summed E-state index contributed by atoms with van der Waals surface area (Å²) < 4.78 is 1.67. The van der Waals surface area contributed by atoms with Gasteiger partial charge in [-0.2, -0.15) is 10.1 Å². The third kappa shape index (κ3) is 3.67. The Bertz CT molecular complexity index is 953. The van der Waals surface area contributed by atoms with Gasteiger partial charge in [-0.3, -0.25) is 4.68 Å². The van der Waals surface area contributed by atoms with E-state index in [9.17, 15) is 0 Å². The number of fused-ring (bicyclic) bond motifs is 1. The predicted octanol–water partition coefficient (Wildman–Crippen LogP) is 3.24. The van der Waals surface area contributed by atoms with Crippen molar-refractivity contribution in [2.45, 2.75) is 32.6 Å². The van der Waals surface area contributed by atoms with Gasteiger partial charge in [0, 0.05) is 25.7 Å². The molecule has 0 radical (unpaired) electrons. The standard InChI is InChI=1S/C21H29N7/c1-14(2)15-6-8-16(9-7-15)18-17-19(22)27(3)26-20(17)25-21(24-18)23-10-13-28-11-4-5-12-28/h6-9,14H,4-5,10-13,22H2,1-3H3,(H,23,25,26). The molecular weight excluding hydrogens is 350 g/mol. The molecule has 148 valence electrons. The van der Waals surface area contributed by atoms with Crippen LogP contribution in [0.5, 0.6) is 0 Å². The maximum absolute atomic E-state index is 6.28. The van der Waals surface area contributed by atoms with Crippen LogP contribution in [0.4, 0.5) is 11.8 Å². The summed E-state index contributed by atoms with van der Waals surface area (Å²) in [4.78, 5) is 11.9. The van der Waals surface area contributed by atoms with Crippen molar-refractivity contribution in [3.05, 3.63) is 29.8 Å². The van der Waals surface area contributed by atoms with Gasteiger partial charge in [-0.05, 0) is 37.4 Å². The highest BCUT2D eigenvalue weighted by atomic mass is 15.3. The lowest BCUT2D eigenvalue weighted by Crippen LogP contribution is -2.26. The number of aromatic nitrogens is 4. The highest BCUT2D eigenvalue weighted by molar-refractivity contribution is 5.98. The fourth-order valence-corrected chi connectivity index (χ4v) is 3.76. The number of likely N-dealkylation sites (tertiary alicyclic amines) is 1. The topological polar surface area (TPSA) is 84.9 Å². The molecule has 7 nitrogen and oxygen atoms in total. The van der Waals surface area contributed by atoms with Gasteiger partial charge in [0.2, 0.25) is 5.95 Å². The number of aryl methyl sites for hydroxylation is 1. The van der Waals surface area contributed by atoms with E-state index in [1.807, 2.05) is 7.05 Å². The summed E-state index contributed by atoms with van der Waals surface area (Å²) in [5, 5.41) is 8.67. The Morgan fingerprint density at radius 2 is 1.82 bits per heavy atom.